The molecule has 0 bridgehead atoms. The highest BCUT2D eigenvalue weighted by molar-refractivity contribution is 7.90. The zero-order valence-corrected chi connectivity index (χ0v) is 9.86. The van der Waals surface area contributed by atoms with Crippen LogP contribution in [0.5, 0.6) is 0 Å². The minimum Gasteiger partial charge on any atom is -0.316 e. The van der Waals surface area contributed by atoms with Crippen LogP contribution in [-0.4, -0.2) is 38.5 Å². The highest BCUT2D eigenvalue weighted by atomic mass is 32.2. The molecule has 14 heavy (non-hydrogen) atoms. The summed E-state index contributed by atoms with van der Waals surface area (Å²) in [6.07, 6.45) is 3.75. The van der Waals surface area contributed by atoms with Gasteiger partial charge in [-0.2, -0.15) is 0 Å². The van der Waals surface area contributed by atoms with Gasteiger partial charge in [-0.05, 0) is 13.5 Å². The Morgan fingerprint density at radius 2 is 2.36 bits per heavy atom. The van der Waals surface area contributed by atoms with Crippen molar-refractivity contribution in [3.05, 3.63) is 16.6 Å². The monoisotopic (exact) mass is 234 g/mol. The van der Waals surface area contributed by atoms with E-state index in [9.17, 15) is 8.42 Å². The molecule has 1 rings (SSSR count). The quantitative estimate of drug-likeness (QED) is 0.797. The van der Waals surface area contributed by atoms with Crippen molar-refractivity contribution >= 4 is 21.2 Å². The SMILES string of the molecule is CNC(Cc1cncs1)CS(C)(=O)=O. The van der Waals surface area contributed by atoms with Crippen LogP contribution in [0, 0.1) is 0 Å². The smallest absolute Gasteiger partial charge is 0.148 e. The van der Waals surface area contributed by atoms with Gasteiger partial charge in [0.25, 0.3) is 0 Å². The summed E-state index contributed by atoms with van der Waals surface area (Å²) in [7, 11) is -1.14. The molecule has 1 aromatic heterocycles. The van der Waals surface area contributed by atoms with E-state index in [4.69, 9.17) is 0 Å². The van der Waals surface area contributed by atoms with Gasteiger partial charge in [-0.3, -0.25) is 4.98 Å². The van der Waals surface area contributed by atoms with Crippen molar-refractivity contribution in [2.24, 2.45) is 0 Å². The Labute approximate surface area is 88.3 Å². The van der Waals surface area contributed by atoms with E-state index in [1.54, 1.807) is 30.1 Å². The van der Waals surface area contributed by atoms with Crippen LogP contribution in [0.1, 0.15) is 4.88 Å². The number of thiazole rings is 1. The molecule has 0 saturated heterocycles. The predicted molar refractivity (Wildman–Crippen MR) is 58.4 cm³/mol. The average molecular weight is 234 g/mol. The number of rotatable bonds is 5. The molecule has 0 radical (unpaired) electrons. The summed E-state index contributed by atoms with van der Waals surface area (Å²) < 4.78 is 22.2. The number of sulfone groups is 1. The molecule has 80 valence electrons. The van der Waals surface area contributed by atoms with Crippen LogP contribution in [0.3, 0.4) is 0 Å². The van der Waals surface area contributed by atoms with E-state index < -0.39 is 9.84 Å². The zero-order valence-electron chi connectivity index (χ0n) is 8.23. The molecule has 0 aliphatic heterocycles. The van der Waals surface area contributed by atoms with Crippen LogP contribution in [0.2, 0.25) is 0 Å². The molecule has 1 unspecified atom stereocenters. The summed E-state index contributed by atoms with van der Waals surface area (Å²) in [5.41, 5.74) is 1.75. The third-order valence-electron chi connectivity index (χ3n) is 1.84. The number of aromatic nitrogens is 1. The van der Waals surface area contributed by atoms with Crippen LogP contribution in [0.15, 0.2) is 11.7 Å². The molecule has 0 aliphatic carbocycles. The molecule has 0 spiro atoms. The highest BCUT2D eigenvalue weighted by Crippen LogP contribution is 2.09. The summed E-state index contributed by atoms with van der Waals surface area (Å²) in [5.74, 6) is 0.168. The lowest BCUT2D eigenvalue weighted by molar-refractivity contribution is 0.568. The van der Waals surface area contributed by atoms with Gasteiger partial charge in [0.15, 0.2) is 0 Å². The Morgan fingerprint density at radius 3 is 2.79 bits per heavy atom. The minimum atomic E-state index is -2.92. The van der Waals surface area contributed by atoms with E-state index in [0.717, 1.165) is 4.88 Å². The normalized spacial score (nSPS) is 14.1. The maximum atomic E-state index is 11.1. The van der Waals surface area contributed by atoms with E-state index in [2.05, 4.69) is 10.3 Å². The summed E-state index contributed by atoms with van der Waals surface area (Å²) in [6.45, 7) is 0. The summed E-state index contributed by atoms with van der Waals surface area (Å²) in [4.78, 5) is 5.05. The second-order valence-corrected chi connectivity index (χ2v) is 6.41. The molecule has 1 aromatic rings. The highest BCUT2D eigenvalue weighted by Gasteiger charge is 2.14. The van der Waals surface area contributed by atoms with Crippen LogP contribution in [0.25, 0.3) is 0 Å². The van der Waals surface area contributed by atoms with E-state index >= 15 is 0 Å². The molecule has 0 saturated carbocycles. The van der Waals surface area contributed by atoms with Gasteiger partial charge in [-0.1, -0.05) is 0 Å². The first kappa shape index (κ1) is 11.6. The maximum absolute atomic E-state index is 11.1. The lowest BCUT2D eigenvalue weighted by Gasteiger charge is -2.13. The van der Waals surface area contributed by atoms with Gasteiger partial charge in [0.1, 0.15) is 9.84 Å². The van der Waals surface area contributed by atoms with Crippen LogP contribution < -0.4 is 5.32 Å². The molecular weight excluding hydrogens is 220 g/mol. The second-order valence-electron chi connectivity index (χ2n) is 3.25. The first-order valence-corrected chi connectivity index (χ1v) is 7.17. The third kappa shape index (κ3) is 4.17. The van der Waals surface area contributed by atoms with Crippen molar-refractivity contribution in [1.29, 1.82) is 0 Å². The molecule has 1 heterocycles. The summed E-state index contributed by atoms with van der Waals surface area (Å²) in [5, 5.41) is 3.00. The van der Waals surface area contributed by atoms with Gasteiger partial charge in [0.2, 0.25) is 0 Å². The van der Waals surface area contributed by atoms with E-state index in [-0.39, 0.29) is 11.8 Å². The first-order chi connectivity index (χ1) is 6.51. The fourth-order valence-corrected chi connectivity index (χ4v) is 2.89. The largest absolute Gasteiger partial charge is 0.316 e. The lowest BCUT2D eigenvalue weighted by Crippen LogP contribution is -2.34. The Morgan fingerprint density at radius 1 is 1.64 bits per heavy atom. The second kappa shape index (κ2) is 4.86. The first-order valence-electron chi connectivity index (χ1n) is 4.23. The van der Waals surface area contributed by atoms with Crippen molar-refractivity contribution in [3.8, 4) is 0 Å². The molecular formula is C8H14N2O2S2. The Kier molecular flexibility index (Phi) is 4.03. The molecule has 1 N–H and O–H groups in total. The molecule has 4 nitrogen and oxygen atoms in total. The molecule has 0 amide bonds. The summed E-state index contributed by atoms with van der Waals surface area (Å²) in [6, 6.07) is -0.0227. The van der Waals surface area contributed by atoms with Crippen LogP contribution >= 0.6 is 11.3 Å². The fraction of sp³-hybridized carbons (Fsp3) is 0.625. The third-order valence-corrected chi connectivity index (χ3v) is 3.65. The lowest BCUT2D eigenvalue weighted by atomic mass is 10.2. The Balaban J connectivity index is 2.56. The number of hydrogen-bond donors (Lipinski definition) is 1. The van der Waals surface area contributed by atoms with Gasteiger partial charge in [0, 0.05) is 23.4 Å². The van der Waals surface area contributed by atoms with E-state index in [1.807, 2.05) is 0 Å². The summed E-state index contributed by atoms with van der Waals surface area (Å²) >= 11 is 1.55. The van der Waals surface area contributed by atoms with E-state index in [1.165, 1.54) is 6.26 Å². The molecule has 6 heteroatoms. The maximum Gasteiger partial charge on any atom is 0.148 e. The van der Waals surface area contributed by atoms with Crippen molar-refractivity contribution in [2.75, 3.05) is 19.1 Å². The molecule has 1 atom stereocenters. The number of likely N-dealkylation sites (N-methyl/N-ethyl adjacent to an activating group) is 1. The van der Waals surface area contributed by atoms with Crippen molar-refractivity contribution in [2.45, 2.75) is 12.5 Å². The van der Waals surface area contributed by atoms with Gasteiger partial charge in [-0.15, -0.1) is 11.3 Å². The van der Waals surface area contributed by atoms with Gasteiger partial charge < -0.3 is 5.32 Å². The molecule has 0 aliphatic rings. The van der Waals surface area contributed by atoms with Crippen LogP contribution in [-0.2, 0) is 16.3 Å². The standard InChI is InChI=1S/C8H14N2O2S2/c1-9-7(5-14(2,11)12)3-8-4-10-6-13-8/h4,6-7,9H,3,5H2,1-2H3. The van der Waals surface area contributed by atoms with E-state index in [0.29, 0.717) is 6.42 Å². The van der Waals surface area contributed by atoms with Crippen molar-refractivity contribution < 1.29 is 8.42 Å². The Hall–Kier alpha value is -0.460. The van der Waals surface area contributed by atoms with Gasteiger partial charge in [-0.25, -0.2) is 8.42 Å². The number of nitrogens with one attached hydrogen (secondary N) is 1. The average Bonchev–Trinajstić information content (AvgIpc) is 2.53. The minimum absolute atomic E-state index is 0.0227. The van der Waals surface area contributed by atoms with Crippen molar-refractivity contribution in [1.82, 2.24) is 10.3 Å². The molecule has 0 aromatic carbocycles. The van der Waals surface area contributed by atoms with Crippen LogP contribution in [0.4, 0.5) is 0 Å². The fourth-order valence-electron chi connectivity index (χ4n) is 1.20. The topological polar surface area (TPSA) is 59.1 Å². The van der Waals surface area contributed by atoms with Gasteiger partial charge in [0.05, 0.1) is 11.3 Å². The number of hydrogen-bond acceptors (Lipinski definition) is 5. The van der Waals surface area contributed by atoms with Gasteiger partial charge >= 0.3 is 0 Å². The number of nitrogens with zero attached hydrogens (tertiary/aromatic N) is 1. The molecule has 0 fully saturated rings. The Bertz CT molecular complexity index is 359. The zero-order chi connectivity index (χ0) is 10.6. The predicted octanol–water partition coefficient (Wildman–Crippen LogP) is 0.318. The van der Waals surface area contributed by atoms with Crippen molar-refractivity contribution in [3.63, 3.8) is 0 Å².